The molecule has 0 radical (unpaired) electrons. The summed E-state index contributed by atoms with van der Waals surface area (Å²) in [5.74, 6) is 0.635. The van der Waals surface area contributed by atoms with Gasteiger partial charge in [0.2, 0.25) is 0 Å². The van der Waals surface area contributed by atoms with Crippen LogP contribution in [0.5, 0.6) is 0 Å². The molecule has 0 unspecified atom stereocenters. The zero-order chi connectivity index (χ0) is 37.9. The molecule has 3 heterocycles. The maximum atomic E-state index is 11.1. The number of para-hydroxylation sites is 5. The summed E-state index contributed by atoms with van der Waals surface area (Å²) in [6, 6.07) is 66.5. The number of anilines is 3. The molecular weight excluding hydrogens is 699 g/mol. The fraction of sp³-hybridized carbons (Fsp3) is 0. The Labute approximate surface area is 327 Å². The number of hydrogen-bond donors (Lipinski definition) is 0. The molecule has 6 heteroatoms. The molecule has 0 saturated heterocycles. The molecule has 57 heavy (non-hydrogen) atoms. The van der Waals surface area contributed by atoms with Crippen molar-refractivity contribution in [2.24, 2.45) is 0 Å². The van der Waals surface area contributed by atoms with Gasteiger partial charge in [0.25, 0.3) is 0 Å². The Morgan fingerprint density at radius 3 is 1.91 bits per heavy atom. The van der Waals surface area contributed by atoms with Crippen LogP contribution >= 0.6 is 0 Å². The smallest absolute Gasteiger partial charge is 0.160 e. The summed E-state index contributed by atoms with van der Waals surface area (Å²) in [6.07, 6.45) is 0. The minimum Gasteiger partial charge on any atom is -0.455 e. The van der Waals surface area contributed by atoms with Crippen LogP contribution in [-0.4, -0.2) is 14.5 Å². The Morgan fingerprint density at radius 1 is 0.544 bits per heavy atom. The Kier molecular flexibility index (Phi) is 7.44. The van der Waals surface area contributed by atoms with Crippen LogP contribution in [-0.2, 0) is 0 Å². The van der Waals surface area contributed by atoms with Gasteiger partial charge in [-0.1, -0.05) is 127 Å². The summed E-state index contributed by atoms with van der Waals surface area (Å²) in [5.41, 5.74) is 11.1. The summed E-state index contributed by atoms with van der Waals surface area (Å²) >= 11 is 0. The minimum atomic E-state index is 0.515. The van der Waals surface area contributed by atoms with E-state index in [0.29, 0.717) is 11.4 Å². The number of hydrogen-bond acceptors (Lipinski definition) is 5. The van der Waals surface area contributed by atoms with Gasteiger partial charge in [0, 0.05) is 44.0 Å². The van der Waals surface area contributed by atoms with Crippen LogP contribution in [0, 0.1) is 11.3 Å². The van der Waals surface area contributed by atoms with E-state index in [0.717, 1.165) is 94.2 Å². The second kappa shape index (κ2) is 13.1. The highest BCUT2D eigenvalue weighted by atomic mass is 16.3. The number of furan rings is 1. The van der Waals surface area contributed by atoms with Crippen molar-refractivity contribution in [2.75, 3.05) is 4.90 Å². The second-order valence-electron chi connectivity index (χ2n) is 14.1. The van der Waals surface area contributed by atoms with Gasteiger partial charge in [-0.2, -0.15) is 5.26 Å². The fourth-order valence-electron chi connectivity index (χ4n) is 8.29. The summed E-state index contributed by atoms with van der Waals surface area (Å²) in [5, 5.41) is 16.0. The van der Waals surface area contributed by atoms with Crippen LogP contribution in [0.3, 0.4) is 0 Å². The van der Waals surface area contributed by atoms with Crippen LogP contribution in [0.2, 0.25) is 0 Å². The zero-order valence-electron chi connectivity index (χ0n) is 30.5. The topological polar surface area (TPSA) is 70.9 Å². The summed E-state index contributed by atoms with van der Waals surface area (Å²) in [7, 11) is 0. The van der Waals surface area contributed by atoms with Crippen LogP contribution in [0.25, 0.3) is 83.0 Å². The van der Waals surface area contributed by atoms with Crippen LogP contribution in [0.4, 0.5) is 17.1 Å². The lowest BCUT2D eigenvalue weighted by Gasteiger charge is -2.27. The molecule has 0 fully saturated rings. The summed E-state index contributed by atoms with van der Waals surface area (Å²) < 4.78 is 9.02. The van der Waals surface area contributed by atoms with Crippen molar-refractivity contribution in [3.63, 3.8) is 0 Å². The molecule has 11 rings (SSSR count). The van der Waals surface area contributed by atoms with Crippen molar-refractivity contribution in [3.8, 4) is 34.4 Å². The quantitative estimate of drug-likeness (QED) is 0.170. The average Bonchev–Trinajstić information content (AvgIpc) is 3.83. The Hall–Kier alpha value is -8.01. The lowest BCUT2D eigenvalue weighted by molar-refractivity contribution is 0.673. The number of nitriles is 1. The van der Waals surface area contributed by atoms with Gasteiger partial charge < -0.3 is 13.9 Å². The predicted molar refractivity (Wildman–Crippen MR) is 231 cm³/mol. The van der Waals surface area contributed by atoms with Gasteiger partial charge in [-0.25, -0.2) is 9.97 Å². The molecule has 6 nitrogen and oxygen atoms in total. The highest BCUT2D eigenvalue weighted by molar-refractivity contribution is 6.27. The largest absolute Gasteiger partial charge is 0.455 e. The highest BCUT2D eigenvalue weighted by Gasteiger charge is 2.27. The van der Waals surface area contributed by atoms with Crippen molar-refractivity contribution in [3.05, 3.63) is 194 Å². The van der Waals surface area contributed by atoms with E-state index in [1.807, 2.05) is 84.9 Å². The molecule has 0 amide bonds. The van der Waals surface area contributed by atoms with Gasteiger partial charge in [0.05, 0.1) is 44.6 Å². The van der Waals surface area contributed by atoms with Gasteiger partial charge in [0.1, 0.15) is 17.2 Å². The van der Waals surface area contributed by atoms with E-state index in [2.05, 4.69) is 119 Å². The van der Waals surface area contributed by atoms with Gasteiger partial charge in [-0.05, 0) is 60.7 Å². The van der Waals surface area contributed by atoms with Crippen LogP contribution in [0.15, 0.2) is 192 Å². The first kappa shape index (κ1) is 32.4. The minimum absolute atomic E-state index is 0.515. The molecule has 0 aliphatic carbocycles. The molecule has 266 valence electrons. The molecule has 0 aliphatic rings. The predicted octanol–water partition coefficient (Wildman–Crippen LogP) is 13.3. The second-order valence-corrected chi connectivity index (χ2v) is 14.1. The SMILES string of the molecule is N#Cc1cc(-c2nc(-c3ccccc3)nc3ccccc23)ccc1-n1c2ccccc2c2c3oc4ccccc4c3cc(N(c3ccccc3)c3ccccc3)c21. The average molecular weight is 730 g/mol. The third-order valence-corrected chi connectivity index (χ3v) is 10.8. The van der Waals surface area contributed by atoms with Crippen molar-refractivity contribution >= 4 is 71.7 Å². The third kappa shape index (κ3) is 5.18. The molecule has 11 aromatic rings. The molecule has 0 bridgehead atoms. The Balaban J connectivity index is 1.24. The summed E-state index contributed by atoms with van der Waals surface area (Å²) in [4.78, 5) is 12.3. The Morgan fingerprint density at radius 2 is 1.18 bits per heavy atom. The first-order valence-electron chi connectivity index (χ1n) is 18.9. The van der Waals surface area contributed by atoms with Crippen molar-refractivity contribution in [1.29, 1.82) is 5.26 Å². The van der Waals surface area contributed by atoms with E-state index in [1.165, 1.54) is 0 Å². The molecule has 0 atom stereocenters. The molecule has 0 spiro atoms. The van der Waals surface area contributed by atoms with E-state index >= 15 is 0 Å². The molecule has 3 aromatic heterocycles. The molecular formula is C51H31N5O. The van der Waals surface area contributed by atoms with Crippen LogP contribution < -0.4 is 4.90 Å². The molecule has 8 aromatic carbocycles. The molecule has 0 aliphatic heterocycles. The Bertz CT molecular complexity index is 3320. The lowest BCUT2D eigenvalue weighted by atomic mass is 10.0. The number of nitrogens with zero attached hydrogens (tertiary/aromatic N) is 5. The van der Waals surface area contributed by atoms with Gasteiger partial charge in [-0.15, -0.1) is 0 Å². The van der Waals surface area contributed by atoms with Gasteiger partial charge in [-0.3, -0.25) is 0 Å². The first-order chi connectivity index (χ1) is 28.2. The standard InChI is InChI=1S/C51H31N5O/c52-32-35-30-34(48-39-23-10-13-25-42(39)53-51(54-48)33-16-4-1-5-17-33)28-29-43(35)56-44-26-14-11-24-40(44)47-49(56)45(31-41-38-22-12-15-27-46(38)57-50(41)47)55(36-18-6-2-7-19-36)37-20-8-3-9-21-37/h1-31H. The van der Waals surface area contributed by atoms with Crippen LogP contribution in [0.1, 0.15) is 5.56 Å². The van der Waals surface area contributed by atoms with E-state index in [1.54, 1.807) is 0 Å². The van der Waals surface area contributed by atoms with Crippen molar-refractivity contribution in [1.82, 2.24) is 14.5 Å². The van der Waals surface area contributed by atoms with E-state index in [-0.39, 0.29) is 0 Å². The lowest BCUT2D eigenvalue weighted by Crippen LogP contribution is -2.12. The van der Waals surface area contributed by atoms with Gasteiger partial charge >= 0.3 is 0 Å². The van der Waals surface area contributed by atoms with E-state index < -0.39 is 0 Å². The van der Waals surface area contributed by atoms with E-state index in [9.17, 15) is 5.26 Å². The van der Waals surface area contributed by atoms with Crippen molar-refractivity contribution < 1.29 is 4.42 Å². The van der Waals surface area contributed by atoms with Crippen molar-refractivity contribution in [2.45, 2.75) is 0 Å². The number of benzene rings is 8. The normalized spacial score (nSPS) is 11.5. The number of fused-ring (bicyclic) bond motifs is 8. The summed E-state index contributed by atoms with van der Waals surface area (Å²) in [6.45, 7) is 0. The third-order valence-electron chi connectivity index (χ3n) is 10.8. The van der Waals surface area contributed by atoms with Gasteiger partial charge in [0.15, 0.2) is 5.82 Å². The maximum absolute atomic E-state index is 11.1. The van der Waals surface area contributed by atoms with E-state index in [4.69, 9.17) is 14.4 Å². The first-order valence-corrected chi connectivity index (χ1v) is 18.9. The zero-order valence-corrected chi connectivity index (χ0v) is 30.5. The highest BCUT2D eigenvalue weighted by Crippen LogP contribution is 2.49. The monoisotopic (exact) mass is 729 g/mol. The maximum Gasteiger partial charge on any atom is 0.160 e. The number of aromatic nitrogens is 3. The molecule has 0 saturated carbocycles. The number of rotatable bonds is 6. The molecule has 0 N–H and O–H groups in total. The fourth-order valence-corrected chi connectivity index (χ4v) is 8.29.